The summed E-state index contributed by atoms with van der Waals surface area (Å²) in [5.74, 6) is -0.617. The third-order valence-electron chi connectivity index (χ3n) is 4.98. The number of amides is 1. The topological polar surface area (TPSA) is 71.5 Å². The molecule has 0 spiro atoms. The van der Waals surface area contributed by atoms with E-state index in [1.54, 1.807) is 12.1 Å². The average molecular weight is 419 g/mol. The number of carbonyl (C=O) groups excluding carboxylic acids is 1. The van der Waals surface area contributed by atoms with Gasteiger partial charge >= 0.3 is 0 Å². The minimum Gasteiger partial charge on any atom is -0.394 e. The highest BCUT2D eigenvalue weighted by atomic mass is 35.5. The molecule has 0 unspecified atom stereocenters. The number of carbonyl (C=O) groups is 1. The standard InChI is InChI=1S/C22H24ClFN2O3/c1-2-19-15(11-14-7-9-29-10-8-14)4-6-20(25-19)22(28)26-21(13-27)16-3-5-17(23)18(24)12-16/h2-6,11-12,14,21,27H,7-10,13H2,1H3,(H,26,28)/b15-11?,19-2+/t21-/m1/s1. The third-order valence-corrected chi connectivity index (χ3v) is 5.29. The zero-order valence-corrected chi connectivity index (χ0v) is 17.0. The fraction of sp³-hybridized carbons (Fsp3) is 0.364. The van der Waals surface area contributed by atoms with Crippen molar-refractivity contribution in [1.82, 2.24) is 10.3 Å². The molecule has 0 aliphatic carbocycles. The van der Waals surface area contributed by atoms with Gasteiger partial charge in [0.25, 0.3) is 5.91 Å². The van der Waals surface area contributed by atoms with E-state index in [-0.39, 0.29) is 17.3 Å². The van der Waals surface area contributed by atoms with Crippen LogP contribution in [0.25, 0.3) is 12.2 Å². The Hall–Kier alpha value is -2.28. The summed E-state index contributed by atoms with van der Waals surface area (Å²) < 4.78 is 19.1. The number of pyridine rings is 1. The van der Waals surface area contributed by atoms with E-state index >= 15 is 0 Å². The van der Waals surface area contributed by atoms with Crippen molar-refractivity contribution >= 4 is 29.7 Å². The van der Waals surface area contributed by atoms with Gasteiger partial charge in [-0.1, -0.05) is 35.9 Å². The zero-order valence-electron chi connectivity index (χ0n) is 16.2. The van der Waals surface area contributed by atoms with Crippen molar-refractivity contribution in [2.75, 3.05) is 19.8 Å². The Labute approximate surface area is 173 Å². The molecule has 2 aromatic rings. The number of benzene rings is 1. The molecule has 7 heteroatoms. The highest BCUT2D eigenvalue weighted by Gasteiger charge is 2.17. The highest BCUT2D eigenvalue weighted by molar-refractivity contribution is 6.30. The molecule has 1 saturated heterocycles. The van der Waals surface area contributed by atoms with E-state index in [1.807, 2.05) is 19.1 Å². The normalized spacial score (nSPS) is 17.4. The molecule has 3 rings (SSSR count). The van der Waals surface area contributed by atoms with Crippen molar-refractivity contribution in [1.29, 1.82) is 0 Å². The van der Waals surface area contributed by atoms with Gasteiger partial charge in [0.1, 0.15) is 11.5 Å². The predicted octanol–water partition coefficient (Wildman–Crippen LogP) is 2.35. The summed E-state index contributed by atoms with van der Waals surface area (Å²) in [7, 11) is 0. The second kappa shape index (κ2) is 9.96. The Morgan fingerprint density at radius 1 is 1.38 bits per heavy atom. The van der Waals surface area contributed by atoms with E-state index in [0.717, 1.165) is 36.6 Å². The summed E-state index contributed by atoms with van der Waals surface area (Å²) in [6.45, 7) is 3.01. The van der Waals surface area contributed by atoms with Crippen LogP contribution in [0.15, 0.2) is 30.3 Å². The maximum absolute atomic E-state index is 13.7. The quantitative estimate of drug-likeness (QED) is 0.781. The Balaban J connectivity index is 1.81. The smallest absolute Gasteiger partial charge is 0.270 e. The Morgan fingerprint density at radius 2 is 2.14 bits per heavy atom. The van der Waals surface area contributed by atoms with E-state index in [2.05, 4.69) is 16.4 Å². The van der Waals surface area contributed by atoms with Crippen molar-refractivity contribution in [3.63, 3.8) is 0 Å². The molecule has 2 N–H and O–H groups in total. The summed E-state index contributed by atoms with van der Waals surface area (Å²) in [5.41, 5.74) is 0.657. The maximum Gasteiger partial charge on any atom is 0.270 e. The van der Waals surface area contributed by atoms with Crippen LogP contribution in [0, 0.1) is 11.7 Å². The van der Waals surface area contributed by atoms with Crippen LogP contribution >= 0.6 is 11.6 Å². The van der Waals surface area contributed by atoms with Gasteiger partial charge in [0, 0.05) is 13.2 Å². The van der Waals surface area contributed by atoms with Gasteiger partial charge in [-0.3, -0.25) is 4.79 Å². The lowest BCUT2D eigenvalue weighted by Gasteiger charge is -2.18. The Kier molecular flexibility index (Phi) is 7.36. The second-order valence-corrected chi connectivity index (χ2v) is 7.37. The van der Waals surface area contributed by atoms with Crippen LogP contribution in [0.2, 0.25) is 5.02 Å². The lowest BCUT2D eigenvalue weighted by atomic mass is 9.99. The van der Waals surface area contributed by atoms with E-state index in [9.17, 15) is 14.3 Å². The molecule has 1 aliphatic heterocycles. The number of aliphatic hydroxyl groups is 1. The minimum atomic E-state index is -0.765. The molecule has 1 atom stereocenters. The number of rotatable bonds is 5. The molecule has 2 heterocycles. The van der Waals surface area contributed by atoms with Crippen LogP contribution in [0.3, 0.4) is 0 Å². The molecule has 1 aromatic heterocycles. The van der Waals surface area contributed by atoms with Crippen LogP contribution < -0.4 is 15.9 Å². The molecule has 1 aliphatic rings. The molecule has 1 aromatic carbocycles. The van der Waals surface area contributed by atoms with Gasteiger partial charge in [-0.05, 0) is 54.7 Å². The van der Waals surface area contributed by atoms with Crippen LogP contribution in [0.4, 0.5) is 4.39 Å². The van der Waals surface area contributed by atoms with Crippen molar-refractivity contribution in [3.8, 4) is 0 Å². The highest BCUT2D eigenvalue weighted by Crippen LogP contribution is 2.20. The predicted molar refractivity (Wildman–Crippen MR) is 110 cm³/mol. The van der Waals surface area contributed by atoms with Crippen molar-refractivity contribution in [2.45, 2.75) is 25.8 Å². The Bertz CT molecular complexity index is 990. The number of aromatic nitrogens is 1. The summed E-state index contributed by atoms with van der Waals surface area (Å²) in [6, 6.07) is 6.93. The first-order valence-electron chi connectivity index (χ1n) is 9.61. The van der Waals surface area contributed by atoms with E-state index < -0.39 is 17.8 Å². The van der Waals surface area contributed by atoms with E-state index in [4.69, 9.17) is 16.3 Å². The van der Waals surface area contributed by atoms with Gasteiger partial charge in [0.15, 0.2) is 0 Å². The molecule has 5 nitrogen and oxygen atoms in total. The fourth-order valence-electron chi connectivity index (χ4n) is 3.32. The first-order chi connectivity index (χ1) is 14.0. The molecule has 1 fully saturated rings. The van der Waals surface area contributed by atoms with E-state index in [0.29, 0.717) is 11.5 Å². The molecule has 0 radical (unpaired) electrons. The van der Waals surface area contributed by atoms with Crippen molar-refractivity contribution in [2.24, 2.45) is 5.92 Å². The number of hydrogen-bond donors (Lipinski definition) is 2. The monoisotopic (exact) mass is 418 g/mol. The van der Waals surface area contributed by atoms with Gasteiger partial charge in [0.2, 0.25) is 0 Å². The van der Waals surface area contributed by atoms with Gasteiger partial charge < -0.3 is 15.2 Å². The summed E-state index contributed by atoms with van der Waals surface area (Å²) in [5, 5.41) is 14.0. The van der Waals surface area contributed by atoms with Crippen LogP contribution in [-0.2, 0) is 4.74 Å². The number of ether oxygens (including phenoxy) is 1. The minimum absolute atomic E-state index is 0.0158. The molecular weight excluding hydrogens is 395 g/mol. The second-order valence-electron chi connectivity index (χ2n) is 6.96. The average Bonchev–Trinajstić information content (AvgIpc) is 2.75. The molecular formula is C22H24ClFN2O3. The lowest BCUT2D eigenvalue weighted by Crippen LogP contribution is -2.36. The summed E-state index contributed by atoms with van der Waals surface area (Å²) in [6.07, 6.45) is 5.99. The molecule has 0 bridgehead atoms. The van der Waals surface area contributed by atoms with Crippen molar-refractivity contribution < 1.29 is 19.0 Å². The largest absolute Gasteiger partial charge is 0.394 e. The van der Waals surface area contributed by atoms with Gasteiger partial charge in [-0.15, -0.1) is 0 Å². The SMILES string of the molecule is C/C=c1/nc(C(=O)N[C@H](CO)c2ccc(Cl)c(F)c2)ccc1=CC1CCOCC1. The lowest BCUT2D eigenvalue weighted by molar-refractivity contribution is 0.0819. The van der Waals surface area contributed by atoms with Crippen LogP contribution in [0.1, 0.15) is 41.9 Å². The number of halogens is 2. The van der Waals surface area contributed by atoms with Crippen molar-refractivity contribution in [3.05, 3.63) is 63.0 Å². The third kappa shape index (κ3) is 5.41. The van der Waals surface area contributed by atoms with E-state index in [1.165, 1.54) is 12.1 Å². The number of aliphatic hydroxyl groups excluding tert-OH is 1. The van der Waals surface area contributed by atoms with Crippen LogP contribution in [0.5, 0.6) is 0 Å². The maximum atomic E-state index is 13.7. The molecule has 29 heavy (non-hydrogen) atoms. The zero-order chi connectivity index (χ0) is 20.8. The number of hydrogen-bond acceptors (Lipinski definition) is 4. The van der Waals surface area contributed by atoms with Gasteiger partial charge in [-0.2, -0.15) is 0 Å². The van der Waals surface area contributed by atoms with Crippen LogP contribution in [-0.4, -0.2) is 35.8 Å². The molecule has 0 saturated carbocycles. The first-order valence-corrected chi connectivity index (χ1v) is 9.99. The first kappa shape index (κ1) is 21.4. The molecule has 154 valence electrons. The number of nitrogens with one attached hydrogen (secondary N) is 1. The fourth-order valence-corrected chi connectivity index (χ4v) is 3.43. The van der Waals surface area contributed by atoms with Gasteiger partial charge in [-0.25, -0.2) is 9.37 Å². The van der Waals surface area contributed by atoms with Gasteiger partial charge in [0.05, 0.1) is 23.0 Å². The summed E-state index contributed by atoms with van der Waals surface area (Å²) in [4.78, 5) is 17.1. The molecule has 1 amide bonds. The summed E-state index contributed by atoms with van der Waals surface area (Å²) >= 11 is 5.70. The Morgan fingerprint density at radius 3 is 2.79 bits per heavy atom. The number of nitrogens with zero attached hydrogens (tertiary/aromatic N) is 1.